The Hall–Kier alpha value is -1.40. The summed E-state index contributed by atoms with van der Waals surface area (Å²) in [7, 11) is 0. The summed E-state index contributed by atoms with van der Waals surface area (Å²) in [6.07, 6.45) is 1.76. The summed E-state index contributed by atoms with van der Waals surface area (Å²) in [4.78, 5) is 4.21. The zero-order chi connectivity index (χ0) is 9.68. The maximum atomic E-state index is 8.55. The van der Waals surface area contributed by atoms with Gasteiger partial charge in [0, 0.05) is 12.7 Å². The van der Waals surface area contributed by atoms with E-state index in [9.17, 15) is 0 Å². The van der Waals surface area contributed by atoms with Crippen molar-refractivity contribution in [2.24, 2.45) is 0 Å². The molecule has 0 amide bonds. The number of hydrogen-bond donors (Lipinski definition) is 1. The van der Waals surface area contributed by atoms with Gasteiger partial charge in [0.05, 0.1) is 17.8 Å². The van der Waals surface area contributed by atoms with Crippen LogP contribution < -0.4 is 5.32 Å². The fraction of sp³-hybridized carbons (Fsp3) is 0.400. The first-order valence-corrected chi connectivity index (χ1v) is 4.27. The lowest BCUT2D eigenvalue weighted by Crippen LogP contribution is -2.24. The molecule has 0 aliphatic carbocycles. The van der Waals surface area contributed by atoms with Crippen molar-refractivity contribution in [3.05, 3.63) is 29.6 Å². The molecule has 3 nitrogen and oxygen atoms in total. The van der Waals surface area contributed by atoms with E-state index in [1.54, 1.807) is 6.20 Å². The van der Waals surface area contributed by atoms with Crippen LogP contribution in [0.1, 0.15) is 18.2 Å². The molecule has 0 radical (unpaired) electrons. The molecule has 1 aromatic rings. The standard InChI is InChI=1S/C10H13N3/c1-8-4-3-5-12-10(8)7-13-9(2)6-11/h3-5,9,13H,7H2,1-2H3. The third kappa shape index (κ3) is 2.85. The smallest absolute Gasteiger partial charge is 0.0927 e. The van der Waals surface area contributed by atoms with E-state index < -0.39 is 0 Å². The maximum Gasteiger partial charge on any atom is 0.0927 e. The van der Waals surface area contributed by atoms with Gasteiger partial charge in [-0.2, -0.15) is 5.26 Å². The van der Waals surface area contributed by atoms with Gasteiger partial charge in [-0.25, -0.2) is 0 Å². The fourth-order valence-electron chi connectivity index (χ4n) is 0.999. The van der Waals surface area contributed by atoms with Gasteiger partial charge < -0.3 is 0 Å². The number of aryl methyl sites for hydroxylation is 1. The summed E-state index contributed by atoms with van der Waals surface area (Å²) in [5.74, 6) is 0. The second kappa shape index (κ2) is 4.58. The van der Waals surface area contributed by atoms with Crippen LogP contribution in [0.4, 0.5) is 0 Å². The van der Waals surface area contributed by atoms with E-state index in [2.05, 4.69) is 16.4 Å². The summed E-state index contributed by atoms with van der Waals surface area (Å²) >= 11 is 0. The van der Waals surface area contributed by atoms with Crippen molar-refractivity contribution in [2.45, 2.75) is 26.4 Å². The molecule has 13 heavy (non-hydrogen) atoms. The highest BCUT2D eigenvalue weighted by Crippen LogP contribution is 2.02. The SMILES string of the molecule is Cc1cccnc1CNC(C)C#N. The predicted molar refractivity (Wildman–Crippen MR) is 50.9 cm³/mol. The Morgan fingerprint density at radius 1 is 1.69 bits per heavy atom. The number of aromatic nitrogens is 1. The average molecular weight is 175 g/mol. The van der Waals surface area contributed by atoms with Crippen LogP contribution in [0.2, 0.25) is 0 Å². The highest BCUT2D eigenvalue weighted by Gasteiger charge is 2.01. The van der Waals surface area contributed by atoms with E-state index >= 15 is 0 Å². The Kier molecular flexibility index (Phi) is 3.41. The minimum absolute atomic E-state index is 0.124. The second-order valence-electron chi connectivity index (χ2n) is 3.00. The lowest BCUT2D eigenvalue weighted by atomic mass is 10.2. The van der Waals surface area contributed by atoms with Crippen LogP contribution in [-0.2, 0) is 6.54 Å². The fourth-order valence-corrected chi connectivity index (χ4v) is 0.999. The molecule has 0 aliphatic rings. The van der Waals surface area contributed by atoms with E-state index in [1.165, 1.54) is 0 Å². The van der Waals surface area contributed by atoms with Gasteiger partial charge in [-0.3, -0.25) is 10.3 Å². The Balaban J connectivity index is 2.56. The van der Waals surface area contributed by atoms with Gasteiger partial charge in [0.25, 0.3) is 0 Å². The Bertz CT molecular complexity index is 314. The molecule has 0 saturated carbocycles. The Morgan fingerprint density at radius 2 is 2.46 bits per heavy atom. The largest absolute Gasteiger partial charge is 0.296 e. The topological polar surface area (TPSA) is 48.7 Å². The Labute approximate surface area is 78.4 Å². The van der Waals surface area contributed by atoms with Gasteiger partial charge in [-0.15, -0.1) is 0 Å². The molecule has 68 valence electrons. The number of rotatable bonds is 3. The summed E-state index contributed by atoms with van der Waals surface area (Å²) in [5, 5.41) is 11.6. The molecule has 0 spiro atoms. The van der Waals surface area contributed by atoms with Crippen LogP contribution in [-0.4, -0.2) is 11.0 Å². The highest BCUT2D eigenvalue weighted by molar-refractivity contribution is 5.17. The second-order valence-corrected chi connectivity index (χ2v) is 3.00. The van der Waals surface area contributed by atoms with Crippen LogP contribution in [0.5, 0.6) is 0 Å². The molecule has 1 heterocycles. The number of nitrogens with one attached hydrogen (secondary N) is 1. The van der Waals surface area contributed by atoms with Crippen LogP contribution in [0.3, 0.4) is 0 Å². The molecule has 0 aliphatic heterocycles. The van der Waals surface area contributed by atoms with Crippen molar-refractivity contribution >= 4 is 0 Å². The molecule has 0 bridgehead atoms. The molecule has 0 aromatic carbocycles. The van der Waals surface area contributed by atoms with E-state index in [-0.39, 0.29) is 6.04 Å². The first kappa shape index (κ1) is 9.69. The normalized spacial score (nSPS) is 12.1. The monoisotopic (exact) mass is 175 g/mol. The minimum atomic E-state index is -0.124. The highest BCUT2D eigenvalue weighted by atomic mass is 14.9. The molecule has 0 fully saturated rings. The van der Waals surface area contributed by atoms with Crippen molar-refractivity contribution < 1.29 is 0 Å². The molecular weight excluding hydrogens is 162 g/mol. The van der Waals surface area contributed by atoms with Gasteiger partial charge in [0.2, 0.25) is 0 Å². The molecule has 1 unspecified atom stereocenters. The Morgan fingerprint density at radius 3 is 3.08 bits per heavy atom. The van der Waals surface area contributed by atoms with Crippen LogP contribution >= 0.6 is 0 Å². The zero-order valence-electron chi connectivity index (χ0n) is 7.91. The number of nitriles is 1. The molecular formula is C10H13N3. The van der Waals surface area contributed by atoms with Crippen LogP contribution in [0.15, 0.2) is 18.3 Å². The van der Waals surface area contributed by atoms with Gasteiger partial charge in [0.15, 0.2) is 0 Å². The number of pyridine rings is 1. The molecule has 1 rings (SSSR count). The number of hydrogen-bond acceptors (Lipinski definition) is 3. The lowest BCUT2D eigenvalue weighted by Gasteiger charge is -2.07. The predicted octanol–water partition coefficient (Wildman–Crippen LogP) is 1.39. The van der Waals surface area contributed by atoms with Crippen molar-refractivity contribution in [3.8, 4) is 6.07 Å². The van der Waals surface area contributed by atoms with Gasteiger partial charge in [0.1, 0.15) is 0 Å². The van der Waals surface area contributed by atoms with Gasteiger partial charge in [-0.1, -0.05) is 6.07 Å². The third-order valence-corrected chi connectivity index (χ3v) is 1.89. The van der Waals surface area contributed by atoms with Crippen molar-refractivity contribution in [3.63, 3.8) is 0 Å². The van der Waals surface area contributed by atoms with Crippen molar-refractivity contribution in [1.29, 1.82) is 5.26 Å². The number of nitrogens with zero attached hydrogens (tertiary/aromatic N) is 2. The quantitative estimate of drug-likeness (QED) is 0.755. The molecule has 0 saturated heterocycles. The van der Waals surface area contributed by atoms with Crippen molar-refractivity contribution in [2.75, 3.05) is 0 Å². The van der Waals surface area contributed by atoms with E-state index in [0.29, 0.717) is 6.54 Å². The summed E-state index contributed by atoms with van der Waals surface area (Å²) in [6.45, 7) is 4.50. The third-order valence-electron chi connectivity index (χ3n) is 1.89. The summed E-state index contributed by atoms with van der Waals surface area (Å²) in [5.41, 5.74) is 2.16. The summed E-state index contributed by atoms with van der Waals surface area (Å²) in [6, 6.07) is 5.92. The summed E-state index contributed by atoms with van der Waals surface area (Å²) < 4.78 is 0. The van der Waals surface area contributed by atoms with Crippen molar-refractivity contribution in [1.82, 2.24) is 10.3 Å². The minimum Gasteiger partial charge on any atom is -0.296 e. The maximum absolute atomic E-state index is 8.55. The van der Waals surface area contributed by atoms with E-state index in [1.807, 2.05) is 26.0 Å². The van der Waals surface area contributed by atoms with Gasteiger partial charge >= 0.3 is 0 Å². The molecule has 3 heteroatoms. The first-order chi connectivity index (χ1) is 6.24. The average Bonchev–Trinajstić information content (AvgIpc) is 2.16. The zero-order valence-corrected chi connectivity index (χ0v) is 7.91. The van der Waals surface area contributed by atoms with Crippen LogP contribution in [0.25, 0.3) is 0 Å². The molecule has 1 atom stereocenters. The molecule has 1 aromatic heterocycles. The lowest BCUT2D eigenvalue weighted by molar-refractivity contribution is 0.630. The first-order valence-electron chi connectivity index (χ1n) is 4.27. The molecule has 1 N–H and O–H groups in total. The van der Waals surface area contributed by atoms with Gasteiger partial charge in [-0.05, 0) is 25.5 Å². The van der Waals surface area contributed by atoms with Crippen LogP contribution in [0, 0.1) is 18.3 Å². The van der Waals surface area contributed by atoms with E-state index in [0.717, 1.165) is 11.3 Å². The van der Waals surface area contributed by atoms with E-state index in [4.69, 9.17) is 5.26 Å².